The first kappa shape index (κ1) is 14.7. The summed E-state index contributed by atoms with van der Waals surface area (Å²) < 4.78 is 5.50. The number of hydrogen-bond acceptors (Lipinski definition) is 4. The van der Waals surface area contributed by atoms with Gasteiger partial charge in [-0.25, -0.2) is 4.98 Å². The molecular weight excluding hydrogens is 274 g/mol. The lowest BCUT2D eigenvalue weighted by molar-refractivity contribution is -0.138. The molecule has 106 valence electrons. The molecule has 1 atom stereocenters. The van der Waals surface area contributed by atoms with Crippen molar-refractivity contribution in [1.29, 1.82) is 0 Å². The fourth-order valence-electron chi connectivity index (χ4n) is 1.70. The highest BCUT2D eigenvalue weighted by molar-refractivity contribution is 7.98. The van der Waals surface area contributed by atoms with Crippen LogP contribution in [0.5, 0.6) is 0 Å². The first-order chi connectivity index (χ1) is 9.47. The molecule has 0 bridgehead atoms. The third-order valence-electron chi connectivity index (χ3n) is 3.22. The molecule has 0 saturated carbocycles. The summed E-state index contributed by atoms with van der Waals surface area (Å²) in [7, 11) is 0. The van der Waals surface area contributed by atoms with Crippen LogP contribution in [0, 0.1) is 13.8 Å². The minimum atomic E-state index is -0.808. The number of rotatable bonds is 5. The van der Waals surface area contributed by atoms with E-state index < -0.39 is 11.9 Å². The number of thioether (sulfide) groups is 1. The Bertz CT molecular complexity index is 585. The summed E-state index contributed by atoms with van der Waals surface area (Å²) in [6.07, 6.45) is 0. The zero-order valence-corrected chi connectivity index (χ0v) is 12.5. The zero-order valence-electron chi connectivity index (χ0n) is 11.7. The molecular formula is C15H17NO3S. The van der Waals surface area contributed by atoms with Crippen LogP contribution in [-0.2, 0) is 10.5 Å². The maximum atomic E-state index is 10.9. The quantitative estimate of drug-likeness (QED) is 0.849. The van der Waals surface area contributed by atoms with E-state index in [1.54, 1.807) is 6.92 Å². The average molecular weight is 291 g/mol. The lowest BCUT2D eigenvalue weighted by atomic mass is 10.0. The van der Waals surface area contributed by atoms with Gasteiger partial charge >= 0.3 is 5.97 Å². The third kappa shape index (κ3) is 3.42. The SMILES string of the molecule is Cc1nc(SCc2ccc(C(C)C(=O)O)cc2)oc1C. The van der Waals surface area contributed by atoms with Crippen molar-refractivity contribution in [2.45, 2.75) is 37.7 Å². The number of aryl methyl sites for hydroxylation is 2. The fourth-order valence-corrected chi connectivity index (χ4v) is 2.56. The number of carbonyl (C=O) groups is 1. The van der Waals surface area contributed by atoms with E-state index in [2.05, 4.69) is 4.98 Å². The molecule has 0 amide bonds. The van der Waals surface area contributed by atoms with Crippen LogP contribution in [-0.4, -0.2) is 16.1 Å². The first-order valence-corrected chi connectivity index (χ1v) is 7.34. The van der Waals surface area contributed by atoms with Crippen LogP contribution < -0.4 is 0 Å². The molecule has 1 unspecified atom stereocenters. The zero-order chi connectivity index (χ0) is 14.7. The Labute approximate surface area is 122 Å². The second kappa shape index (κ2) is 6.13. The van der Waals surface area contributed by atoms with Crippen molar-refractivity contribution in [2.75, 3.05) is 0 Å². The van der Waals surface area contributed by atoms with E-state index in [9.17, 15) is 4.79 Å². The second-order valence-corrected chi connectivity index (χ2v) is 5.64. The minimum absolute atomic E-state index is 0.478. The van der Waals surface area contributed by atoms with Gasteiger partial charge in [-0.05, 0) is 31.9 Å². The molecule has 2 rings (SSSR count). The van der Waals surface area contributed by atoms with Gasteiger partial charge in [-0.3, -0.25) is 4.79 Å². The first-order valence-electron chi connectivity index (χ1n) is 6.36. The predicted octanol–water partition coefficient (Wildman–Crippen LogP) is 3.77. The molecule has 1 N–H and O–H groups in total. The number of carboxylic acid groups (broad SMARTS) is 1. The maximum Gasteiger partial charge on any atom is 0.310 e. The number of benzene rings is 1. The normalized spacial score (nSPS) is 12.3. The third-order valence-corrected chi connectivity index (χ3v) is 4.12. The van der Waals surface area contributed by atoms with E-state index in [0.717, 1.165) is 28.3 Å². The van der Waals surface area contributed by atoms with Crippen molar-refractivity contribution in [2.24, 2.45) is 0 Å². The van der Waals surface area contributed by atoms with E-state index in [-0.39, 0.29) is 0 Å². The van der Waals surface area contributed by atoms with Gasteiger partial charge in [0.2, 0.25) is 0 Å². The molecule has 4 nitrogen and oxygen atoms in total. The molecule has 1 aromatic carbocycles. The van der Waals surface area contributed by atoms with Gasteiger partial charge in [-0.1, -0.05) is 36.0 Å². The van der Waals surface area contributed by atoms with Crippen molar-refractivity contribution < 1.29 is 14.3 Å². The summed E-state index contributed by atoms with van der Waals surface area (Å²) in [4.78, 5) is 15.2. The number of oxazole rings is 1. The molecule has 0 aliphatic heterocycles. The van der Waals surface area contributed by atoms with Gasteiger partial charge in [-0.15, -0.1) is 0 Å². The summed E-state index contributed by atoms with van der Waals surface area (Å²) in [5.74, 6) is 0.311. The van der Waals surface area contributed by atoms with Crippen LogP contribution in [0.4, 0.5) is 0 Å². The number of aliphatic carboxylic acids is 1. The molecule has 0 fully saturated rings. The molecule has 0 saturated heterocycles. The van der Waals surface area contributed by atoms with E-state index >= 15 is 0 Å². The number of aromatic nitrogens is 1. The van der Waals surface area contributed by atoms with Crippen LogP contribution in [0.2, 0.25) is 0 Å². The lowest BCUT2D eigenvalue weighted by Gasteiger charge is -2.07. The lowest BCUT2D eigenvalue weighted by Crippen LogP contribution is -2.07. The summed E-state index contributed by atoms with van der Waals surface area (Å²) in [6.45, 7) is 5.50. The van der Waals surface area contributed by atoms with Crippen molar-refractivity contribution >= 4 is 17.7 Å². The largest absolute Gasteiger partial charge is 0.481 e. The monoisotopic (exact) mass is 291 g/mol. The summed E-state index contributed by atoms with van der Waals surface area (Å²) >= 11 is 1.53. The maximum absolute atomic E-state index is 10.9. The van der Waals surface area contributed by atoms with Gasteiger partial charge in [-0.2, -0.15) is 0 Å². The Morgan fingerprint density at radius 1 is 1.35 bits per heavy atom. The molecule has 0 radical (unpaired) electrons. The van der Waals surface area contributed by atoms with Crippen molar-refractivity contribution in [3.63, 3.8) is 0 Å². The van der Waals surface area contributed by atoms with Gasteiger partial charge in [0.1, 0.15) is 5.76 Å². The Morgan fingerprint density at radius 3 is 2.50 bits per heavy atom. The molecule has 0 aliphatic rings. The number of nitrogens with zero attached hydrogens (tertiary/aromatic N) is 1. The minimum Gasteiger partial charge on any atom is -0.481 e. The average Bonchev–Trinajstić information content (AvgIpc) is 2.75. The van der Waals surface area contributed by atoms with Crippen LogP contribution in [0.3, 0.4) is 0 Å². The Morgan fingerprint density at radius 2 is 2.00 bits per heavy atom. The van der Waals surface area contributed by atoms with Gasteiger partial charge in [0.15, 0.2) is 0 Å². The van der Waals surface area contributed by atoms with Crippen LogP contribution in [0.25, 0.3) is 0 Å². The Kier molecular flexibility index (Phi) is 4.49. The molecule has 5 heteroatoms. The fraction of sp³-hybridized carbons (Fsp3) is 0.333. The molecule has 0 spiro atoms. The Balaban J connectivity index is 1.99. The van der Waals surface area contributed by atoms with Gasteiger partial charge < -0.3 is 9.52 Å². The van der Waals surface area contributed by atoms with Gasteiger partial charge in [0, 0.05) is 5.75 Å². The topological polar surface area (TPSA) is 63.3 Å². The van der Waals surface area contributed by atoms with Gasteiger partial charge in [0.05, 0.1) is 11.6 Å². The highest BCUT2D eigenvalue weighted by Crippen LogP contribution is 2.25. The molecule has 2 aromatic rings. The smallest absolute Gasteiger partial charge is 0.310 e. The summed E-state index contributed by atoms with van der Waals surface area (Å²) in [5.41, 5.74) is 2.84. The van der Waals surface area contributed by atoms with Crippen molar-refractivity contribution in [3.8, 4) is 0 Å². The van der Waals surface area contributed by atoms with Crippen molar-refractivity contribution in [3.05, 3.63) is 46.8 Å². The highest BCUT2D eigenvalue weighted by Gasteiger charge is 2.13. The van der Waals surface area contributed by atoms with E-state index in [0.29, 0.717) is 5.22 Å². The van der Waals surface area contributed by atoms with Crippen molar-refractivity contribution in [1.82, 2.24) is 4.98 Å². The Hall–Kier alpha value is -1.75. The van der Waals surface area contributed by atoms with E-state index in [1.807, 2.05) is 38.1 Å². The van der Waals surface area contributed by atoms with Crippen LogP contribution in [0.15, 0.2) is 33.9 Å². The standard InChI is InChI=1S/C15H17NO3S/c1-9(14(17)18)13-6-4-12(5-7-13)8-20-15-16-10(2)11(3)19-15/h4-7,9H,8H2,1-3H3,(H,17,18). The highest BCUT2D eigenvalue weighted by atomic mass is 32.2. The van der Waals surface area contributed by atoms with Crippen LogP contribution in [0.1, 0.15) is 35.4 Å². The summed E-state index contributed by atoms with van der Waals surface area (Å²) in [5, 5.41) is 9.63. The number of hydrogen-bond donors (Lipinski definition) is 1. The predicted molar refractivity (Wildman–Crippen MR) is 78.0 cm³/mol. The molecule has 1 heterocycles. The van der Waals surface area contributed by atoms with Crippen LogP contribution >= 0.6 is 11.8 Å². The van der Waals surface area contributed by atoms with E-state index in [1.165, 1.54) is 11.8 Å². The second-order valence-electron chi connectivity index (χ2n) is 4.71. The molecule has 1 aromatic heterocycles. The molecule has 0 aliphatic carbocycles. The van der Waals surface area contributed by atoms with E-state index in [4.69, 9.17) is 9.52 Å². The number of carboxylic acids is 1. The summed E-state index contributed by atoms with van der Waals surface area (Å²) in [6, 6.07) is 7.62. The van der Waals surface area contributed by atoms with Gasteiger partial charge in [0.25, 0.3) is 5.22 Å². The molecule has 20 heavy (non-hydrogen) atoms.